The molecule has 0 saturated carbocycles. The van der Waals surface area contributed by atoms with Crippen LogP contribution in [-0.4, -0.2) is 60.8 Å². The fourth-order valence-electron chi connectivity index (χ4n) is 1.74. The third-order valence-corrected chi connectivity index (χ3v) is 3.26. The highest BCUT2D eigenvalue weighted by Gasteiger charge is 2.68. The Morgan fingerprint density at radius 2 is 1.20 bits per heavy atom. The van der Waals surface area contributed by atoms with Gasteiger partial charge in [-0.3, -0.25) is 0 Å². The number of nitrogens with zero attached hydrogens (tertiary/aromatic N) is 1. The van der Waals surface area contributed by atoms with Crippen LogP contribution in [0.3, 0.4) is 0 Å². The van der Waals surface area contributed by atoms with Gasteiger partial charge in [-0.15, -0.1) is 9.60 Å². The average Bonchev–Trinajstić information content (AvgIpc) is 2.41. The van der Waals surface area contributed by atoms with Gasteiger partial charge < -0.3 is 4.74 Å². The molecule has 0 heterocycles. The first-order valence-electron chi connectivity index (χ1n) is 6.33. The van der Waals surface area contributed by atoms with Gasteiger partial charge in [0.05, 0.1) is 0 Å². The molecule has 0 bridgehead atoms. The Bertz CT molecular complexity index is 436. The quantitative estimate of drug-likeness (QED) is 0.347. The number of alkyl halides is 11. The smallest absolute Gasteiger partial charge is 0.365 e. The molecule has 25 heavy (non-hydrogen) atoms. The fraction of sp³-hybridized carbons (Fsp3) is 1.00. The maximum absolute atomic E-state index is 14.1. The number of halogens is 12. The molecular weight excluding hydrogens is 390 g/mol. The summed E-state index contributed by atoms with van der Waals surface area (Å²) in [6, 6.07) is 0. The normalized spacial score (nSPS) is 21.6. The summed E-state index contributed by atoms with van der Waals surface area (Å²) in [4.78, 5) is 0. The van der Waals surface area contributed by atoms with Gasteiger partial charge in [-0.2, -0.15) is 26.3 Å². The van der Waals surface area contributed by atoms with E-state index in [1.54, 1.807) is 0 Å². The Labute approximate surface area is 133 Å². The Morgan fingerprint density at radius 1 is 0.800 bits per heavy atom. The summed E-state index contributed by atoms with van der Waals surface area (Å²) in [6.45, 7) is 0.0645. The summed E-state index contributed by atoms with van der Waals surface area (Å²) in [5.74, 6) is -5.42. The Hall–Kier alpha value is -0.920. The lowest BCUT2D eigenvalue weighted by molar-refractivity contribution is -0.331. The van der Waals surface area contributed by atoms with Crippen LogP contribution >= 0.6 is 0 Å². The van der Waals surface area contributed by atoms with E-state index in [0.29, 0.717) is 0 Å². The minimum atomic E-state index is -6.19. The molecule has 0 N–H and O–H groups in total. The topological polar surface area (TPSA) is 12.5 Å². The monoisotopic (exact) mass is 403 g/mol. The van der Waals surface area contributed by atoms with E-state index in [1.807, 2.05) is 0 Å². The lowest BCUT2D eigenvalue weighted by Crippen LogP contribution is -2.62. The van der Waals surface area contributed by atoms with Gasteiger partial charge in [0.15, 0.2) is 0 Å². The Morgan fingerprint density at radius 3 is 1.48 bits per heavy atom. The number of hydrogen-bond donors (Lipinski definition) is 0. The highest BCUT2D eigenvalue weighted by Crippen LogP contribution is 2.45. The first kappa shape index (κ1) is 24.1. The van der Waals surface area contributed by atoms with Crippen molar-refractivity contribution >= 4 is 0 Å². The molecule has 0 saturated heterocycles. The maximum Gasteiger partial charge on any atom is 0.429 e. The van der Waals surface area contributed by atoms with Crippen molar-refractivity contribution in [1.82, 2.24) is 5.12 Å². The molecule has 5 unspecified atom stereocenters. The molecule has 2 nitrogen and oxygen atoms in total. The number of ether oxygens (including phenoxy) is 1. The molecule has 152 valence electrons. The maximum atomic E-state index is 14.1. The summed E-state index contributed by atoms with van der Waals surface area (Å²) >= 11 is 0. The lowest BCUT2D eigenvalue weighted by Gasteiger charge is -2.38. The molecule has 0 aromatic carbocycles. The van der Waals surface area contributed by atoms with Crippen molar-refractivity contribution in [3.63, 3.8) is 0 Å². The summed E-state index contributed by atoms with van der Waals surface area (Å²) in [6.07, 6.45) is -27.7. The summed E-state index contributed by atoms with van der Waals surface area (Å²) in [5.41, 5.74) is -5.23. The fourth-order valence-corrected chi connectivity index (χ4v) is 1.74. The summed E-state index contributed by atoms with van der Waals surface area (Å²) in [5, 5.41) is -1.37. The van der Waals surface area contributed by atoms with Crippen molar-refractivity contribution in [2.24, 2.45) is 0 Å². The number of hydrogen-bond acceptors (Lipinski definition) is 2. The van der Waals surface area contributed by atoms with Crippen molar-refractivity contribution in [2.45, 2.75) is 62.5 Å². The molecule has 0 aromatic heterocycles. The van der Waals surface area contributed by atoms with E-state index in [1.165, 1.54) is 0 Å². The molecule has 0 aliphatic heterocycles. The minimum absolute atomic E-state index is 0.0258. The Balaban J connectivity index is 5.62. The molecule has 0 fully saturated rings. The second-order valence-corrected chi connectivity index (χ2v) is 5.13. The zero-order valence-electron chi connectivity index (χ0n) is 12.7. The predicted molar refractivity (Wildman–Crippen MR) is 59.6 cm³/mol. The van der Waals surface area contributed by atoms with Crippen molar-refractivity contribution in [2.75, 3.05) is 7.05 Å². The highest BCUT2D eigenvalue weighted by atomic mass is 19.4. The minimum Gasteiger partial charge on any atom is -0.365 e. The zero-order chi connectivity index (χ0) is 20.6. The molecule has 0 spiro atoms. The predicted octanol–water partition coefficient (Wildman–Crippen LogP) is 4.70. The third-order valence-electron chi connectivity index (χ3n) is 3.26. The summed E-state index contributed by atoms with van der Waals surface area (Å²) < 4.78 is 157. The largest absolute Gasteiger partial charge is 0.429 e. The van der Waals surface area contributed by atoms with E-state index in [-0.39, 0.29) is 20.9 Å². The van der Waals surface area contributed by atoms with Crippen molar-refractivity contribution in [3.8, 4) is 0 Å². The van der Waals surface area contributed by atoms with Crippen LogP contribution in [0.25, 0.3) is 0 Å². The molecular formula is C11H13F12NO. The van der Waals surface area contributed by atoms with Crippen LogP contribution in [0.1, 0.15) is 13.8 Å². The van der Waals surface area contributed by atoms with Crippen LogP contribution < -0.4 is 0 Å². The number of rotatable bonds is 7. The van der Waals surface area contributed by atoms with E-state index in [9.17, 15) is 52.8 Å². The van der Waals surface area contributed by atoms with Crippen LogP contribution in [0.2, 0.25) is 0 Å². The van der Waals surface area contributed by atoms with E-state index in [4.69, 9.17) is 0 Å². The molecule has 0 aromatic rings. The van der Waals surface area contributed by atoms with E-state index >= 15 is 0 Å². The first-order valence-corrected chi connectivity index (χ1v) is 6.33. The third kappa shape index (κ3) is 4.83. The molecule has 14 heteroatoms. The molecule has 5 atom stereocenters. The van der Waals surface area contributed by atoms with E-state index in [2.05, 4.69) is 4.74 Å². The van der Waals surface area contributed by atoms with Crippen molar-refractivity contribution < 1.29 is 57.5 Å². The molecule has 0 amide bonds. The van der Waals surface area contributed by atoms with Crippen LogP contribution in [0.15, 0.2) is 0 Å². The van der Waals surface area contributed by atoms with Gasteiger partial charge in [0.1, 0.15) is 12.2 Å². The lowest BCUT2D eigenvalue weighted by atomic mass is 9.96. The van der Waals surface area contributed by atoms with Gasteiger partial charge in [0.2, 0.25) is 6.30 Å². The second kappa shape index (κ2) is 7.37. The molecule has 0 radical (unpaired) electrons. The van der Waals surface area contributed by atoms with Crippen molar-refractivity contribution in [1.29, 1.82) is 0 Å². The second-order valence-electron chi connectivity index (χ2n) is 5.13. The van der Waals surface area contributed by atoms with Gasteiger partial charge in [-0.05, 0) is 13.8 Å². The van der Waals surface area contributed by atoms with Gasteiger partial charge in [0.25, 0.3) is 11.8 Å². The van der Waals surface area contributed by atoms with Gasteiger partial charge in [-0.1, -0.05) is 0 Å². The van der Waals surface area contributed by atoms with Crippen LogP contribution in [0.4, 0.5) is 52.8 Å². The van der Waals surface area contributed by atoms with E-state index in [0.717, 1.165) is 0 Å². The van der Waals surface area contributed by atoms with Crippen LogP contribution in [0.5, 0.6) is 0 Å². The molecule has 0 aliphatic rings. The van der Waals surface area contributed by atoms with Gasteiger partial charge in [0, 0.05) is 7.05 Å². The standard InChI is InChI=1S/C11H13F12NO/c1-4(8(14,11(20,21)22)7(13)24(3)23)25-5(2)9(15,16)6(12)10(17,18)19/h4-7H,1-3H3. The zero-order valence-corrected chi connectivity index (χ0v) is 12.7. The van der Waals surface area contributed by atoms with Crippen molar-refractivity contribution in [3.05, 3.63) is 0 Å². The molecule has 0 rings (SSSR count). The van der Waals surface area contributed by atoms with Crippen LogP contribution in [-0.2, 0) is 4.74 Å². The Kier molecular flexibility index (Phi) is 7.10. The SMILES string of the molecule is CC(OC(C)C(F)(C(F)N(C)F)C(F)(F)F)C(F)(F)C(F)C(F)(F)F. The van der Waals surface area contributed by atoms with Gasteiger partial charge >= 0.3 is 18.3 Å². The van der Waals surface area contributed by atoms with Gasteiger partial charge in [-0.25, -0.2) is 22.0 Å². The summed E-state index contributed by atoms with van der Waals surface area (Å²) in [7, 11) is 0.0384. The molecule has 0 aliphatic carbocycles. The average molecular weight is 403 g/mol. The van der Waals surface area contributed by atoms with Crippen LogP contribution in [0, 0.1) is 0 Å². The first-order chi connectivity index (χ1) is 10.8. The van der Waals surface area contributed by atoms with E-state index < -0.39 is 53.7 Å². The highest BCUT2D eigenvalue weighted by molar-refractivity contribution is 4.99.